The molecule has 0 aliphatic carbocycles. The van der Waals surface area contributed by atoms with Crippen molar-refractivity contribution in [3.05, 3.63) is 35.4 Å². The predicted octanol–water partition coefficient (Wildman–Crippen LogP) is 3.58. The maximum absolute atomic E-state index is 12.8. The van der Waals surface area contributed by atoms with E-state index in [4.69, 9.17) is 5.73 Å². The average molecular weight is 286 g/mol. The van der Waals surface area contributed by atoms with Crippen LogP contribution >= 0.6 is 0 Å². The monoisotopic (exact) mass is 286 g/mol. The first-order chi connectivity index (χ1) is 9.47. The van der Waals surface area contributed by atoms with Crippen LogP contribution in [0.3, 0.4) is 0 Å². The predicted molar refractivity (Wildman–Crippen MR) is 73.3 cm³/mol. The standard InChI is InChI=1S/C15H21F3N2/c1-2-13-7-4-8-20(13)14(10-19)11-5-3-6-12(9-11)15(16,17)18/h3,5-6,9,13-14H,2,4,7-8,10,19H2,1H3. The molecule has 5 heteroatoms. The summed E-state index contributed by atoms with van der Waals surface area (Å²) in [6.07, 6.45) is -1.10. The van der Waals surface area contributed by atoms with E-state index in [0.717, 1.165) is 31.9 Å². The van der Waals surface area contributed by atoms with Crippen molar-refractivity contribution in [1.29, 1.82) is 0 Å². The van der Waals surface area contributed by atoms with Crippen LogP contribution in [0, 0.1) is 0 Å². The van der Waals surface area contributed by atoms with Gasteiger partial charge < -0.3 is 5.73 Å². The Balaban J connectivity index is 2.28. The van der Waals surface area contributed by atoms with Gasteiger partial charge in [-0.05, 0) is 43.5 Å². The van der Waals surface area contributed by atoms with Crippen LogP contribution in [0.5, 0.6) is 0 Å². The SMILES string of the molecule is CCC1CCCN1C(CN)c1cccc(C(F)(F)F)c1. The van der Waals surface area contributed by atoms with Crippen molar-refractivity contribution in [3.8, 4) is 0 Å². The van der Waals surface area contributed by atoms with Crippen LogP contribution in [0.2, 0.25) is 0 Å². The second-order valence-electron chi connectivity index (χ2n) is 5.32. The van der Waals surface area contributed by atoms with E-state index in [0.29, 0.717) is 18.2 Å². The summed E-state index contributed by atoms with van der Waals surface area (Å²) in [6, 6.07) is 5.87. The molecule has 1 fully saturated rings. The Kier molecular flexibility index (Phi) is 4.70. The maximum atomic E-state index is 12.8. The maximum Gasteiger partial charge on any atom is 0.416 e. The van der Waals surface area contributed by atoms with E-state index in [-0.39, 0.29) is 6.04 Å². The van der Waals surface area contributed by atoms with Gasteiger partial charge in [0.05, 0.1) is 5.56 Å². The van der Waals surface area contributed by atoms with E-state index >= 15 is 0 Å². The Labute approximate surface area is 117 Å². The lowest BCUT2D eigenvalue weighted by Gasteiger charge is -2.32. The molecular weight excluding hydrogens is 265 g/mol. The zero-order valence-electron chi connectivity index (χ0n) is 11.7. The van der Waals surface area contributed by atoms with E-state index in [1.54, 1.807) is 6.07 Å². The summed E-state index contributed by atoms with van der Waals surface area (Å²) in [5.74, 6) is 0. The number of likely N-dealkylation sites (tertiary alicyclic amines) is 1. The third-order valence-electron chi connectivity index (χ3n) is 4.12. The Morgan fingerprint density at radius 3 is 2.75 bits per heavy atom. The fraction of sp³-hybridized carbons (Fsp3) is 0.600. The van der Waals surface area contributed by atoms with Crippen LogP contribution in [-0.2, 0) is 6.18 Å². The molecule has 0 amide bonds. The van der Waals surface area contributed by atoms with Gasteiger partial charge >= 0.3 is 6.18 Å². The van der Waals surface area contributed by atoms with Gasteiger partial charge in [-0.1, -0.05) is 19.1 Å². The van der Waals surface area contributed by atoms with Crippen molar-refractivity contribution in [2.24, 2.45) is 5.73 Å². The minimum Gasteiger partial charge on any atom is -0.329 e. The molecule has 2 atom stereocenters. The fourth-order valence-electron chi connectivity index (χ4n) is 3.09. The van der Waals surface area contributed by atoms with Gasteiger partial charge in [0.2, 0.25) is 0 Å². The molecule has 1 heterocycles. The molecule has 2 rings (SSSR count). The Morgan fingerprint density at radius 1 is 1.40 bits per heavy atom. The Bertz CT molecular complexity index is 445. The summed E-state index contributed by atoms with van der Waals surface area (Å²) in [5, 5.41) is 0. The highest BCUT2D eigenvalue weighted by Gasteiger charge is 2.33. The van der Waals surface area contributed by atoms with Crippen LogP contribution in [0.15, 0.2) is 24.3 Å². The molecule has 112 valence electrons. The minimum absolute atomic E-state index is 0.121. The highest BCUT2D eigenvalue weighted by atomic mass is 19.4. The Morgan fingerprint density at radius 2 is 2.15 bits per heavy atom. The van der Waals surface area contributed by atoms with E-state index < -0.39 is 11.7 Å². The minimum atomic E-state index is -4.30. The fourth-order valence-corrected chi connectivity index (χ4v) is 3.09. The lowest BCUT2D eigenvalue weighted by molar-refractivity contribution is -0.137. The number of nitrogens with zero attached hydrogens (tertiary/aromatic N) is 1. The van der Waals surface area contributed by atoms with Crippen molar-refractivity contribution >= 4 is 0 Å². The van der Waals surface area contributed by atoms with Gasteiger partial charge in [-0.15, -0.1) is 0 Å². The van der Waals surface area contributed by atoms with Crippen LogP contribution in [0.1, 0.15) is 43.4 Å². The quantitative estimate of drug-likeness (QED) is 0.916. The molecule has 0 radical (unpaired) electrons. The second-order valence-corrected chi connectivity index (χ2v) is 5.32. The first-order valence-electron chi connectivity index (χ1n) is 7.10. The largest absolute Gasteiger partial charge is 0.416 e. The summed E-state index contributed by atoms with van der Waals surface area (Å²) >= 11 is 0. The normalized spacial score (nSPS) is 22.1. The van der Waals surface area contributed by atoms with Gasteiger partial charge in [0, 0.05) is 18.6 Å². The molecule has 0 bridgehead atoms. The molecule has 2 nitrogen and oxygen atoms in total. The van der Waals surface area contributed by atoms with Crippen molar-refractivity contribution in [2.75, 3.05) is 13.1 Å². The van der Waals surface area contributed by atoms with Crippen LogP contribution < -0.4 is 5.73 Å². The molecule has 1 aromatic carbocycles. The smallest absolute Gasteiger partial charge is 0.329 e. The van der Waals surface area contributed by atoms with E-state index in [2.05, 4.69) is 11.8 Å². The molecule has 1 aliphatic heterocycles. The van der Waals surface area contributed by atoms with Gasteiger partial charge in [0.1, 0.15) is 0 Å². The average Bonchev–Trinajstić information content (AvgIpc) is 2.87. The topological polar surface area (TPSA) is 29.3 Å². The molecular formula is C15H21F3N2. The number of alkyl halides is 3. The van der Waals surface area contributed by atoms with E-state index in [1.807, 2.05) is 0 Å². The molecule has 0 spiro atoms. The molecule has 1 saturated heterocycles. The van der Waals surface area contributed by atoms with Crippen molar-refractivity contribution in [1.82, 2.24) is 4.90 Å². The zero-order chi connectivity index (χ0) is 14.8. The highest BCUT2D eigenvalue weighted by molar-refractivity contribution is 5.28. The van der Waals surface area contributed by atoms with Crippen molar-refractivity contribution in [2.45, 2.75) is 44.4 Å². The zero-order valence-corrected chi connectivity index (χ0v) is 11.7. The molecule has 20 heavy (non-hydrogen) atoms. The molecule has 2 N–H and O–H groups in total. The molecule has 1 aliphatic rings. The van der Waals surface area contributed by atoms with Gasteiger partial charge in [0.15, 0.2) is 0 Å². The lowest BCUT2D eigenvalue weighted by atomic mass is 10.0. The van der Waals surface area contributed by atoms with Gasteiger partial charge in [-0.2, -0.15) is 13.2 Å². The third kappa shape index (κ3) is 3.15. The summed E-state index contributed by atoms with van der Waals surface area (Å²) in [6.45, 7) is 3.37. The highest BCUT2D eigenvalue weighted by Crippen LogP contribution is 2.34. The van der Waals surface area contributed by atoms with Crippen molar-refractivity contribution in [3.63, 3.8) is 0 Å². The number of nitrogens with two attached hydrogens (primary N) is 1. The first kappa shape index (κ1) is 15.3. The van der Waals surface area contributed by atoms with E-state index in [1.165, 1.54) is 12.1 Å². The molecule has 0 aromatic heterocycles. The number of hydrogen-bond donors (Lipinski definition) is 1. The van der Waals surface area contributed by atoms with Gasteiger partial charge in [0.25, 0.3) is 0 Å². The first-order valence-corrected chi connectivity index (χ1v) is 7.10. The second kappa shape index (κ2) is 6.14. The van der Waals surface area contributed by atoms with Crippen LogP contribution in [0.4, 0.5) is 13.2 Å². The summed E-state index contributed by atoms with van der Waals surface area (Å²) in [5.41, 5.74) is 5.91. The number of halogens is 3. The van der Waals surface area contributed by atoms with Crippen LogP contribution in [0.25, 0.3) is 0 Å². The molecule has 1 aromatic rings. The van der Waals surface area contributed by atoms with Crippen molar-refractivity contribution < 1.29 is 13.2 Å². The molecule has 0 saturated carbocycles. The lowest BCUT2D eigenvalue weighted by Crippen LogP contribution is -2.37. The number of hydrogen-bond acceptors (Lipinski definition) is 2. The summed E-state index contributed by atoms with van der Waals surface area (Å²) in [7, 11) is 0. The van der Waals surface area contributed by atoms with E-state index in [9.17, 15) is 13.2 Å². The Hall–Kier alpha value is -1.07. The summed E-state index contributed by atoms with van der Waals surface area (Å²) < 4.78 is 38.4. The summed E-state index contributed by atoms with van der Waals surface area (Å²) in [4.78, 5) is 2.26. The van der Waals surface area contributed by atoms with Gasteiger partial charge in [-0.25, -0.2) is 0 Å². The van der Waals surface area contributed by atoms with Crippen LogP contribution in [-0.4, -0.2) is 24.0 Å². The number of rotatable bonds is 4. The third-order valence-corrected chi connectivity index (χ3v) is 4.12. The number of benzene rings is 1. The molecule has 2 unspecified atom stereocenters. The van der Waals surface area contributed by atoms with Gasteiger partial charge in [-0.3, -0.25) is 4.90 Å².